The lowest BCUT2D eigenvalue weighted by Gasteiger charge is -2.43. The van der Waals surface area contributed by atoms with Crippen LogP contribution in [-0.2, 0) is 4.74 Å². The van der Waals surface area contributed by atoms with Crippen LogP contribution in [0.25, 0.3) is 0 Å². The topological polar surface area (TPSA) is 30.5 Å². The van der Waals surface area contributed by atoms with Gasteiger partial charge in [0.2, 0.25) is 0 Å². The number of aryl methyl sites for hydroxylation is 1. The molecule has 94 valence electrons. The van der Waals surface area contributed by atoms with Gasteiger partial charge in [-0.15, -0.1) is 0 Å². The number of rotatable bonds is 4. The number of halogens is 1. The summed E-state index contributed by atoms with van der Waals surface area (Å²) in [5, 5.41) is 3.23. The van der Waals surface area contributed by atoms with Gasteiger partial charge >= 0.3 is 0 Å². The fraction of sp³-hybridized carbons (Fsp3) is 0.538. The van der Waals surface area contributed by atoms with Crippen LogP contribution < -0.4 is 10.1 Å². The largest absolute Gasteiger partial charge is 0.486 e. The fourth-order valence-electron chi connectivity index (χ4n) is 2.16. The third-order valence-electron chi connectivity index (χ3n) is 3.26. The van der Waals surface area contributed by atoms with Crippen LogP contribution in [0, 0.1) is 6.92 Å². The number of ether oxygens (including phenoxy) is 2. The molecule has 1 N–H and O–H groups in total. The second-order valence-electron chi connectivity index (χ2n) is 4.42. The van der Waals surface area contributed by atoms with Crippen LogP contribution in [0.1, 0.15) is 12.0 Å². The molecule has 3 nitrogen and oxygen atoms in total. The van der Waals surface area contributed by atoms with Crippen molar-refractivity contribution >= 4 is 15.9 Å². The quantitative estimate of drug-likeness (QED) is 0.927. The van der Waals surface area contributed by atoms with Gasteiger partial charge in [0.15, 0.2) is 0 Å². The van der Waals surface area contributed by atoms with Crippen molar-refractivity contribution in [3.63, 3.8) is 0 Å². The van der Waals surface area contributed by atoms with Crippen molar-refractivity contribution in [2.24, 2.45) is 0 Å². The highest BCUT2D eigenvalue weighted by Gasteiger charge is 2.42. The monoisotopic (exact) mass is 299 g/mol. The Labute approximate surface area is 111 Å². The lowest BCUT2D eigenvalue weighted by atomic mass is 9.85. The number of methoxy groups -OCH3 is 1. The van der Waals surface area contributed by atoms with E-state index < -0.39 is 0 Å². The third kappa shape index (κ3) is 2.64. The maximum Gasteiger partial charge on any atom is 0.134 e. The minimum atomic E-state index is 0.133. The highest BCUT2D eigenvalue weighted by Crippen LogP contribution is 2.32. The molecule has 0 radical (unpaired) electrons. The number of nitrogens with one attached hydrogen (secondary N) is 1. The number of hydrogen-bond donors (Lipinski definition) is 1. The lowest BCUT2D eigenvalue weighted by molar-refractivity contribution is -0.0872. The van der Waals surface area contributed by atoms with Crippen LogP contribution in [0.5, 0.6) is 5.75 Å². The Morgan fingerprint density at radius 1 is 1.41 bits per heavy atom. The van der Waals surface area contributed by atoms with E-state index in [9.17, 15) is 0 Å². The van der Waals surface area contributed by atoms with Gasteiger partial charge in [0.05, 0.1) is 4.47 Å². The first kappa shape index (κ1) is 12.9. The van der Waals surface area contributed by atoms with Crippen LogP contribution >= 0.6 is 15.9 Å². The first-order chi connectivity index (χ1) is 8.15. The van der Waals surface area contributed by atoms with Crippen molar-refractivity contribution < 1.29 is 9.47 Å². The van der Waals surface area contributed by atoms with Gasteiger partial charge < -0.3 is 14.8 Å². The van der Waals surface area contributed by atoms with Crippen molar-refractivity contribution in [3.8, 4) is 5.75 Å². The van der Waals surface area contributed by atoms with Gasteiger partial charge in [-0.2, -0.15) is 0 Å². The molecule has 0 aromatic heterocycles. The number of likely N-dealkylation sites (N-methyl/N-ethyl adjacent to an activating group) is 1. The van der Waals surface area contributed by atoms with Crippen LogP contribution in [0.4, 0.5) is 0 Å². The molecular formula is C13H18BrNO2. The smallest absolute Gasteiger partial charge is 0.134 e. The summed E-state index contributed by atoms with van der Waals surface area (Å²) < 4.78 is 12.4. The van der Waals surface area contributed by atoms with E-state index in [2.05, 4.69) is 40.3 Å². The summed E-state index contributed by atoms with van der Waals surface area (Å²) in [4.78, 5) is 0. The second-order valence-corrected chi connectivity index (χ2v) is 5.28. The fourth-order valence-corrected chi connectivity index (χ4v) is 2.75. The molecule has 0 heterocycles. The van der Waals surface area contributed by atoms with Gasteiger partial charge in [0, 0.05) is 19.6 Å². The number of benzene rings is 1. The highest BCUT2D eigenvalue weighted by molar-refractivity contribution is 9.10. The summed E-state index contributed by atoms with van der Waals surface area (Å²) in [5.74, 6) is 0.886. The van der Waals surface area contributed by atoms with E-state index in [4.69, 9.17) is 9.47 Å². The summed E-state index contributed by atoms with van der Waals surface area (Å²) in [6, 6.07) is 6.51. The Morgan fingerprint density at radius 2 is 2.18 bits per heavy atom. The molecule has 17 heavy (non-hydrogen) atoms. The average molecular weight is 300 g/mol. The summed E-state index contributed by atoms with van der Waals surface area (Å²) >= 11 is 3.52. The highest BCUT2D eigenvalue weighted by atomic mass is 79.9. The average Bonchev–Trinajstić information content (AvgIpc) is 2.26. The molecule has 3 unspecified atom stereocenters. The van der Waals surface area contributed by atoms with Gasteiger partial charge in [-0.25, -0.2) is 0 Å². The maximum atomic E-state index is 5.96. The zero-order valence-corrected chi connectivity index (χ0v) is 12.0. The first-order valence-corrected chi connectivity index (χ1v) is 6.58. The minimum Gasteiger partial charge on any atom is -0.486 e. The molecule has 0 spiro atoms. The molecule has 4 heteroatoms. The van der Waals surface area contributed by atoms with Crippen LogP contribution in [-0.4, -0.2) is 32.4 Å². The van der Waals surface area contributed by atoms with E-state index in [0.717, 1.165) is 16.6 Å². The Bertz CT molecular complexity index is 397. The first-order valence-electron chi connectivity index (χ1n) is 5.78. The minimum absolute atomic E-state index is 0.133. The molecule has 3 atom stereocenters. The Hall–Kier alpha value is -0.580. The third-order valence-corrected chi connectivity index (χ3v) is 3.88. The predicted molar refractivity (Wildman–Crippen MR) is 71.6 cm³/mol. The molecule has 1 aromatic rings. The van der Waals surface area contributed by atoms with Crippen molar-refractivity contribution in [2.45, 2.75) is 31.6 Å². The summed E-state index contributed by atoms with van der Waals surface area (Å²) in [6.45, 7) is 2.06. The molecular weight excluding hydrogens is 282 g/mol. The molecule has 0 saturated heterocycles. The van der Waals surface area contributed by atoms with E-state index >= 15 is 0 Å². The standard InChI is InChI=1S/C13H18BrNO2/c1-8-4-5-11(9(14)6-8)17-12-7-10(15-2)13(12)16-3/h4-6,10,12-13,15H,7H2,1-3H3. The van der Waals surface area contributed by atoms with E-state index in [0.29, 0.717) is 6.04 Å². The second kappa shape index (κ2) is 5.38. The molecule has 1 aliphatic carbocycles. The number of hydrogen-bond acceptors (Lipinski definition) is 3. The van der Waals surface area contributed by atoms with E-state index in [1.54, 1.807) is 7.11 Å². The van der Waals surface area contributed by atoms with E-state index in [-0.39, 0.29) is 12.2 Å². The van der Waals surface area contributed by atoms with Crippen molar-refractivity contribution in [3.05, 3.63) is 28.2 Å². The molecule has 1 aromatic carbocycles. The Balaban J connectivity index is 2.02. The van der Waals surface area contributed by atoms with Crippen molar-refractivity contribution in [1.82, 2.24) is 5.32 Å². The zero-order valence-electron chi connectivity index (χ0n) is 10.4. The van der Waals surface area contributed by atoms with Crippen LogP contribution in [0.15, 0.2) is 22.7 Å². The SMILES string of the molecule is CNC1CC(Oc2ccc(C)cc2Br)C1OC. The zero-order chi connectivity index (χ0) is 12.4. The van der Waals surface area contributed by atoms with E-state index in [1.807, 2.05) is 13.1 Å². The molecule has 1 aliphatic rings. The van der Waals surface area contributed by atoms with Crippen molar-refractivity contribution in [1.29, 1.82) is 0 Å². The molecule has 0 bridgehead atoms. The predicted octanol–water partition coefficient (Wildman–Crippen LogP) is 2.51. The summed E-state index contributed by atoms with van der Waals surface area (Å²) in [5.41, 5.74) is 1.22. The van der Waals surface area contributed by atoms with Gasteiger partial charge in [-0.3, -0.25) is 0 Å². The van der Waals surface area contributed by atoms with Crippen LogP contribution in [0.2, 0.25) is 0 Å². The Kier molecular flexibility index (Phi) is 4.07. The van der Waals surface area contributed by atoms with Gasteiger partial charge in [-0.1, -0.05) is 6.07 Å². The van der Waals surface area contributed by atoms with Crippen LogP contribution in [0.3, 0.4) is 0 Å². The Morgan fingerprint density at radius 3 is 2.76 bits per heavy atom. The van der Waals surface area contributed by atoms with Gasteiger partial charge in [0.25, 0.3) is 0 Å². The summed E-state index contributed by atoms with van der Waals surface area (Å²) in [7, 11) is 3.68. The molecule has 0 aliphatic heterocycles. The van der Waals surface area contributed by atoms with E-state index in [1.165, 1.54) is 5.56 Å². The van der Waals surface area contributed by atoms with Gasteiger partial charge in [0.1, 0.15) is 18.0 Å². The molecule has 0 amide bonds. The maximum absolute atomic E-state index is 5.96. The lowest BCUT2D eigenvalue weighted by Crippen LogP contribution is -2.60. The molecule has 2 rings (SSSR count). The van der Waals surface area contributed by atoms with Gasteiger partial charge in [-0.05, 0) is 47.6 Å². The molecule has 1 saturated carbocycles. The normalized spacial score (nSPS) is 27.6. The summed E-state index contributed by atoms with van der Waals surface area (Å²) in [6.07, 6.45) is 1.25. The molecule has 1 fully saturated rings. The van der Waals surface area contributed by atoms with Crippen molar-refractivity contribution in [2.75, 3.05) is 14.2 Å².